The number of hydrogen-bond acceptors (Lipinski definition) is 4. The summed E-state index contributed by atoms with van der Waals surface area (Å²) in [7, 11) is 3.61. The number of nitrogens with zero attached hydrogens (tertiary/aromatic N) is 1. The van der Waals surface area contributed by atoms with Crippen molar-refractivity contribution in [3.05, 3.63) is 0 Å². The summed E-state index contributed by atoms with van der Waals surface area (Å²) in [6, 6.07) is 0. The van der Waals surface area contributed by atoms with Gasteiger partial charge in [0.2, 0.25) is 0 Å². The molecule has 0 aromatic carbocycles. The second-order valence-electron chi connectivity index (χ2n) is 2.81. The maximum atomic E-state index is 5.37. The van der Waals surface area contributed by atoms with E-state index in [1.165, 1.54) is 0 Å². The average molecular weight is 206 g/mol. The molecule has 0 aromatic heterocycles. The summed E-state index contributed by atoms with van der Waals surface area (Å²) in [5.41, 5.74) is 5.37. The quantitative estimate of drug-likeness (QED) is 0.443. The Morgan fingerprint density at radius 1 is 1.38 bits per heavy atom. The molecule has 78 valence electrons. The molecule has 0 aliphatic carbocycles. The predicted octanol–water partition coefficient (Wildman–Crippen LogP) is -0.133. The number of rotatable bonds is 8. The minimum absolute atomic E-state index is 0.513. The highest BCUT2D eigenvalue weighted by molar-refractivity contribution is 7.80. The Kier molecular flexibility index (Phi) is 8.22. The van der Waals surface area contributed by atoms with E-state index in [9.17, 15) is 0 Å². The molecule has 0 saturated heterocycles. The maximum Gasteiger partial charge on any atom is 0.0869 e. The van der Waals surface area contributed by atoms with Gasteiger partial charge < -0.3 is 15.2 Å². The van der Waals surface area contributed by atoms with Crippen molar-refractivity contribution in [1.82, 2.24) is 4.90 Å². The van der Waals surface area contributed by atoms with Crippen LogP contribution in [0.2, 0.25) is 0 Å². The standard InChI is InChI=1S/C8H18N2O2S/c1-10(7-8(9)13)3-4-12-6-5-11-2/h3-7H2,1-2H3,(H2,9,13). The molecule has 4 nitrogen and oxygen atoms in total. The molecule has 2 N–H and O–H groups in total. The summed E-state index contributed by atoms with van der Waals surface area (Å²) in [6.45, 7) is 3.43. The Morgan fingerprint density at radius 3 is 2.62 bits per heavy atom. The molecule has 0 heterocycles. The van der Waals surface area contributed by atoms with Crippen molar-refractivity contribution in [3.63, 3.8) is 0 Å². The van der Waals surface area contributed by atoms with Crippen LogP contribution in [-0.4, -0.2) is 57.0 Å². The molecule has 5 heteroatoms. The van der Waals surface area contributed by atoms with Gasteiger partial charge in [0.15, 0.2) is 0 Å². The lowest BCUT2D eigenvalue weighted by Gasteiger charge is -2.15. The summed E-state index contributed by atoms with van der Waals surface area (Å²) in [5.74, 6) is 0. The monoisotopic (exact) mass is 206 g/mol. The van der Waals surface area contributed by atoms with Crippen LogP contribution < -0.4 is 5.73 Å². The van der Waals surface area contributed by atoms with Gasteiger partial charge in [-0.1, -0.05) is 12.2 Å². The van der Waals surface area contributed by atoms with Crippen LogP contribution in [0.5, 0.6) is 0 Å². The van der Waals surface area contributed by atoms with Gasteiger partial charge in [-0.3, -0.25) is 4.90 Å². The van der Waals surface area contributed by atoms with Gasteiger partial charge in [-0.15, -0.1) is 0 Å². The summed E-state index contributed by atoms with van der Waals surface area (Å²) in [5, 5.41) is 0. The molecule has 13 heavy (non-hydrogen) atoms. The Bertz CT molecular complexity index is 144. The van der Waals surface area contributed by atoms with E-state index < -0.39 is 0 Å². The average Bonchev–Trinajstić information content (AvgIpc) is 2.02. The zero-order chi connectivity index (χ0) is 10.1. The molecule has 0 amide bonds. The van der Waals surface area contributed by atoms with E-state index >= 15 is 0 Å². The molecule has 0 fully saturated rings. The predicted molar refractivity (Wildman–Crippen MR) is 57.0 cm³/mol. The lowest BCUT2D eigenvalue weighted by molar-refractivity contribution is 0.0623. The fourth-order valence-corrected chi connectivity index (χ4v) is 1.03. The third-order valence-corrected chi connectivity index (χ3v) is 1.60. The molecular formula is C8H18N2O2S. The number of nitrogens with two attached hydrogens (primary N) is 1. The molecule has 0 spiro atoms. The smallest absolute Gasteiger partial charge is 0.0869 e. The maximum absolute atomic E-state index is 5.37. The summed E-state index contributed by atoms with van der Waals surface area (Å²) >= 11 is 4.77. The highest BCUT2D eigenvalue weighted by Gasteiger charge is 1.98. The van der Waals surface area contributed by atoms with E-state index in [1.807, 2.05) is 11.9 Å². The largest absolute Gasteiger partial charge is 0.392 e. The van der Waals surface area contributed by atoms with Crippen LogP contribution in [0.1, 0.15) is 0 Å². The van der Waals surface area contributed by atoms with Crippen LogP contribution in [0, 0.1) is 0 Å². The van der Waals surface area contributed by atoms with E-state index in [2.05, 4.69) is 0 Å². The first-order valence-electron chi connectivity index (χ1n) is 4.20. The van der Waals surface area contributed by atoms with Gasteiger partial charge >= 0.3 is 0 Å². The third kappa shape index (κ3) is 9.69. The van der Waals surface area contributed by atoms with Gasteiger partial charge in [0.05, 0.1) is 24.8 Å². The van der Waals surface area contributed by atoms with Gasteiger partial charge in [-0.2, -0.15) is 0 Å². The van der Waals surface area contributed by atoms with Crippen LogP contribution in [0.4, 0.5) is 0 Å². The van der Waals surface area contributed by atoms with Gasteiger partial charge in [0.25, 0.3) is 0 Å². The van der Waals surface area contributed by atoms with Crippen molar-refractivity contribution in [3.8, 4) is 0 Å². The zero-order valence-electron chi connectivity index (χ0n) is 8.28. The van der Waals surface area contributed by atoms with E-state index in [4.69, 9.17) is 27.4 Å². The van der Waals surface area contributed by atoms with E-state index in [0.29, 0.717) is 31.4 Å². The number of hydrogen-bond donors (Lipinski definition) is 1. The second kappa shape index (κ2) is 8.37. The van der Waals surface area contributed by atoms with E-state index in [1.54, 1.807) is 7.11 Å². The van der Waals surface area contributed by atoms with Gasteiger partial charge in [0, 0.05) is 20.2 Å². The van der Waals surface area contributed by atoms with Crippen molar-refractivity contribution in [1.29, 1.82) is 0 Å². The van der Waals surface area contributed by atoms with Crippen molar-refractivity contribution < 1.29 is 9.47 Å². The molecule has 0 rings (SSSR count). The number of methoxy groups -OCH3 is 1. The topological polar surface area (TPSA) is 47.7 Å². The van der Waals surface area contributed by atoms with E-state index in [0.717, 1.165) is 6.54 Å². The molecular weight excluding hydrogens is 188 g/mol. The lowest BCUT2D eigenvalue weighted by Crippen LogP contribution is -2.32. The minimum Gasteiger partial charge on any atom is -0.392 e. The molecule has 0 aliphatic heterocycles. The Balaban J connectivity index is 3.17. The lowest BCUT2D eigenvalue weighted by atomic mass is 10.5. The first kappa shape index (κ1) is 12.8. The summed E-state index contributed by atoms with van der Waals surface area (Å²) in [4.78, 5) is 2.54. The molecule has 0 saturated carbocycles. The first-order valence-corrected chi connectivity index (χ1v) is 4.61. The van der Waals surface area contributed by atoms with Gasteiger partial charge in [0.1, 0.15) is 0 Å². The molecule has 0 aromatic rings. The zero-order valence-corrected chi connectivity index (χ0v) is 9.10. The summed E-state index contributed by atoms with van der Waals surface area (Å²) < 4.78 is 10.1. The first-order chi connectivity index (χ1) is 6.16. The third-order valence-electron chi connectivity index (χ3n) is 1.47. The fourth-order valence-electron chi connectivity index (χ4n) is 0.810. The van der Waals surface area contributed by atoms with E-state index in [-0.39, 0.29) is 0 Å². The Labute approximate surface area is 85.0 Å². The van der Waals surface area contributed by atoms with Crippen LogP contribution in [-0.2, 0) is 9.47 Å². The SMILES string of the molecule is COCCOCCN(C)CC(N)=S. The van der Waals surface area contributed by atoms with Crippen LogP contribution in [0.15, 0.2) is 0 Å². The van der Waals surface area contributed by atoms with Crippen molar-refractivity contribution >= 4 is 17.2 Å². The normalized spacial score (nSPS) is 10.7. The number of thiocarbonyl (C=S) groups is 1. The molecule has 0 atom stereocenters. The number of ether oxygens (including phenoxy) is 2. The Hall–Kier alpha value is -0.230. The van der Waals surface area contributed by atoms with Gasteiger partial charge in [-0.05, 0) is 7.05 Å². The highest BCUT2D eigenvalue weighted by Crippen LogP contribution is 1.84. The Morgan fingerprint density at radius 2 is 2.08 bits per heavy atom. The number of likely N-dealkylation sites (N-methyl/N-ethyl adjacent to an activating group) is 1. The van der Waals surface area contributed by atoms with Crippen LogP contribution in [0.25, 0.3) is 0 Å². The molecule has 0 unspecified atom stereocenters. The van der Waals surface area contributed by atoms with Gasteiger partial charge in [-0.25, -0.2) is 0 Å². The van der Waals surface area contributed by atoms with Crippen molar-refractivity contribution in [2.75, 3.05) is 47.1 Å². The molecule has 0 bridgehead atoms. The second-order valence-corrected chi connectivity index (χ2v) is 3.33. The minimum atomic E-state index is 0.513. The van der Waals surface area contributed by atoms with Crippen molar-refractivity contribution in [2.24, 2.45) is 5.73 Å². The fraction of sp³-hybridized carbons (Fsp3) is 0.875. The highest BCUT2D eigenvalue weighted by atomic mass is 32.1. The van der Waals surface area contributed by atoms with Crippen molar-refractivity contribution in [2.45, 2.75) is 0 Å². The molecule has 0 aliphatic rings. The van der Waals surface area contributed by atoms with Crippen LogP contribution in [0.3, 0.4) is 0 Å². The molecule has 0 radical (unpaired) electrons. The summed E-state index contributed by atoms with van der Waals surface area (Å²) in [6.07, 6.45) is 0. The van der Waals surface area contributed by atoms with Crippen LogP contribution >= 0.6 is 12.2 Å².